The Balaban J connectivity index is 2.31. The Morgan fingerprint density at radius 2 is 1.94 bits per heavy atom. The number of sulfonamides is 1. The van der Waals surface area contributed by atoms with E-state index in [1.807, 2.05) is 0 Å². The van der Waals surface area contributed by atoms with E-state index in [-0.39, 0.29) is 24.3 Å². The molecule has 0 spiro atoms. The second kappa shape index (κ2) is 6.20. The highest BCUT2D eigenvalue weighted by Crippen LogP contribution is 2.23. The van der Waals surface area contributed by atoms with Crippen LogP contribution in [0.1, 0.15) is 32.6 Å². The van der Waals surface area contributed by atoms with Gasteiger partial charge in [-0.2, -0.15) is 0 Å². The fourth-order valence-electron chi connectivity index (χ4n) is 2.01. The second-order valence-electron chi connectivity index (χ2n) is 4.73. The summed E-state index contributed by atoms with van der Waals surface area (Å²) in [5.74, 6) is 0.459. The maximum Gasteiger partial charge on any atom is 0.213 e. The normalized spacial score (nSPS) is 25.5. The summed E-state index contributed by atoms with van der Waals surface area (Å²) in [6.07, 6.45) is 4.00. The molecule has 0 heterocycles. The number of hydrogen-bond donors (Lipinski definition) is 4. The molecule has 0 atom stereocenters. The summed E-state index contributed by atoms with van der Waals surface area (Å²) in [6.45, 7) is 2.37. The van der Waals surface area contributed by atoms with Crippen molar-refractivity contribution in [3.8, 4) is 0 Å². The van der Waals surface area contributed by atoms with Gasteiger partial charge in [-0.25, -0.2) is 13.1 Å². The fraction of sp³-hybridized carbons (Fsp3) is 0.900. The second-order valence-corrected chi connectivity index (χ2v) is 6.61. The zero-order chi connectivity index (χ0) is 12.9. The van der Waals surface area contributed by atoms with E-state index in [2.05, 4.69) is 17.0 Å². The third-order valence-electron chi connectivity index (χ3n) is 3.05. The maximum atomic E-state index is 11.7. The van der Waals surface area contributed by atoms with Crippen LogP contribution >= 0.6 is 0 Å². The van der Waals surface area contributed by atoms with Crippen molar-refractivity contribution in [2.45, 2.75) is 38.6 Å². The molecule has 0 saturated heterocycles. The van der Waals surface area contributed by atoms with E-state index in [0.29, 0.717) is 5.92 Å². The van der Waals surface area contributed by atoms with Crippen molar-refractivity contribution >= 4 is 16.0 Å². The van der Waals surface area contributed by atoms with Crippen molar-refractivity contribution in [1.82, 2.24) is 10.0 Å². The summed E-state index contributed by atoms with van der Waals surface area (Å²) in [5, 5.41) is 9.42. The molecule has 1 rings (SSSR count). The minimum Gasteiger partial charge on any atom is -0.370 e. The minimum absolute atomic E-state index is 0.0430. The highest BCUT2D eigenvalue weighted by atomic mass is 32.2. The molecule has 100 valence electrons. The van der Waals surface area contributed by atoms with E-state index in [0.717, 1.165) is 25.7 Å². The minimum atomic E-state index is -3.26. The SMILES string of the molecule is CC1CCC(NS(=O)(=O)CCNC(=N)N)CC1. The van der Waals surface area contributed by atoms with E-state index < -0.39 is 10.0 Å². The van der Waals surface area contributed by atoms with Gasteiger partial charge in [0.1, 0.15) is 0 Å². The van der Waals surface area contributed by atoms with Crippen molar-refractivity contribution in [2.75, 3.05) is 12.3 Å². The first-order chi connectivity index (χ1) is 7.89. The number of rotatable bonds is 5. The number of hydrogen-bond acceptors (Lipinski definition) is 3. The van der Waals surface area contributed by atoms with Crippen LogP contribution in [-0.4, -0.2) is 32.7 Å². The fourth-order valence-corrected chi connectivity index (χ4v) is 3.24. The van der Waals surface area contributed by atoms with Crippen LogP contribution in [0.15, 0.2) is 0 Å². The Bertz CT molecular complexity index is 347. The Kier molecular flexibility index (Phi) is 5.20. The summed E-state index contributed by atoms with van der Waals surface area (Å²) >= 11 is 0. The Hall–Kier alpha value is -0.820. The summed E-state index contributed by atoms with van der Waals surface area (Å²) in [6, 6.07) is 0.0773. The average Bonchev–Trinajstić information content (AvgIpc) is 2.20. The maximum absolute atomic E-state index is 11.7. The summed E-state index contributed by atoms with van der Waals surface area (Å²) in [7, 11) is -3.26. The molecule has 1 fully saturated rings. The van der Waals surface area contributed by atoms with Crippen LogP contribution in [0.25, 0.3) is 0 Å². The Morgan fingerprint density at radius 1 is 1.35 bits per heavy atom. The van der Waals surface area contributed by atoms with Crippen LogP contribution in [0.3, 0.4) is 0 Å². The summed E-state index contributed by atoms with van der Waals surface area (Å²) < 4.78 is 26.1. The molecule has 0 aromatic heterocycles. The van der Waals surface area contributed by atoms with Crippen molar-refractivity contribution in [2.24, 2.45) is 11.7 Å². The first kappa shape index (κ1) is 14.2. The smallest absolute Gasteiger partial charge is 0.213 e. The third-order valence-corrected chi connectivity index (χ3v) is 4.48. The standard InChI is InChI=1S/C10H22N4O2S/c1-8-2-4-9(5-3-8)14-17(15,16)7-6-13-10(11)12/h8-9,14H,2-7H2,1H3,(H4,11,12,13). The van der Waals surface area contributed by atoms with Crippen molar-refractivity contribution in [3.63, 3.8) is 0 Å². The van der Waals surface area contributed by atoms with Crippen LogP contribution in [-0.2, 0) is 10.0 Å². The zero-order valence-electron chi connectivity index (χ0n) is 10.2. The molecule has 0 amide bonds. The van der Waals surface area contributed by atoms with Crippen LogP contribution < -0.4 is 15.8 Å². The first-order valence-corrected chi connectivity index (χ1v) is 7.62. The number of nitrogens with two attached hydrogens (primary N) is 1. The van der Waals surface area contributed by atoms with Gasteiger partial charge in [-0.3, -0.25) is 5.41 Å². The largest absolute Gasteiger partial charge is 0.370 e. The molecule has 5 N–H and O–H groups in total. The van der Waals surface area contributed by atoms with E-state index in [1.165, 1.54) is 0 Å². The molecule has 6 nitrogen and oxygen atoms in total. The van der Waals surface area contributed by atoms with E-state index >= 15 is 0 Å². The van der Waals surface area contributed by atoms with Crippen LogP contribution in [0.4, 0.5) is 0 Å². The van der Waals surface area contributed by atoms with Gasteiger partial charge in [-0.05, 0) is 31.6 Å². The molecule has 0 unspecified atom stereocenters. The lowest BCUT2D eigenvalue weighted by atomic mass is 9.88. The molecule has 7 heteroatoms. The predicted molar refractivity (Wildman–Crippen MR) is 68.3 cm³/mol. The predicted octanol–water partition coefficient (Wildman–Crippen LogP) is -0.0324. The number of guanidine groups is 1. The molecule has 1 aliphatic rings. The molecule has 1 aliphatic carbocycles. The molecular weight excluding hydrogens is 240 g/mol. The van der Waals surface area contributed by atoms with E-state index in [4.69, 9.17) is 11.1 Å². The molecule has 0 bridgehead atoms. The number of nitrogens with one attached hydrogen (secondary N) is 3. The zero-order valence-corrected chi connectivity index (χ0v) is 11.0. The lowest BCUT2D eigenvalue weighted by Crippen LogP contribution is -2.42. The molecule has 0 aliphatic heterocycles. The average molecular weight is 262 g/mol. The molecule has 0 aromatic rings. The van der Waals surface area contributed by atoms with Gasteiger partial charge >= 0.3 is 0 Å². The van der Waals surface area contributed by atoms with Gasteiger partial charge in [0.25, 0.3) is 0 Å². The molecular formula is C10H22N4O2S. The van der Waals surface area contributed by atoms with Gasteiger partial charge in [0.15, 0.2) is 5.96 Å². The van der Waals surface area contributed by atoms with Crippen molar-refractivity contribution < 1.29 is 8.42 Å². The lowest BCUT2D eigenvalue weighted by Gasteiger charge is -2.26. The molecule has 0 aromatic carbocycles. The molecule has 0 radical (unpaired) electrons. The summed E-state index contributed by atoms with van der Waals surface area (Å²) in [5.41, 5.74) is 5.08. The highest BCUT2D eigenvalue weighted by molar-refractivity contribution is 7.89. The third kappa shape index (κ3) is 5.88. The van der Waals surface area contributed by atoms with Gasteiger partial charge in [-0.15, -0.1) is 0 Å². The quantitative estimate of drug-likeness (QED) is 0.412. The van der Waals surface area contributed by atoms with Crippen LogP contribution in [0.5, 0.6) is 0 Å². The Morgan fingerprint density at radius 3 is 2.47 bits per heavy atom. The van der Waals surface area contributed by atoms with Crippen LogP contribution in [0, 0.1) is 11.3 Å². The summed E-state index contributed by atoms with van der Waals surface area (Å²) in [4.78, 5) is 0. The molecule has 17 heavy (non-hydrogen) atoms. The monoisotopic (exact) mass is 262 g/mol. The topological polar surface area (TPSA) is 108 Å². The van der Waals surface area contributed by atoms with E-state index in [9.17, 15) is 8.42 Å². The van der Waals surface area contributed by atoms with Crippen LogP contribution in [0.2, 0.25) is 0 Å². The van der Waals surface area contributed by atoms with Crippen molar-refractivity contribution in [3.05, 3.63) is 0 Å². The van der Waals surface area contributed by atoms with E-state index in [1.54, 1.807) is 0 Å². The van der Waals surface area contributed by atoms with Gasteiger partial charge < -0.3 is 11.1 Å². The molecule has 1 saturated carbocycles. The highest BCUT2D eigenvalue weighted by Gasteiger charge is 2.22. The first-order valence-electron chi connectivity index (χ1n) is 5.97. The van der Waals surface area contributed by atoms with Gasteiger partial charge in [-0.1, -0.05) is 6.92 Å². The van der Waals surface area contributed by atoms with Gasteiger partial charge in [0, 0.05) is 12.6 Å². The van der Waals surface area contributed by atoms with Gasteiger partial charge in [0.05, 0.1) is 5.75 Å². The Labute approximate surface area is 103 Å². The van der Waals surface area contributed by atoms with Gasteiger partial charge in [0.2, 0.25) is 10.0 Å². The lowest BCUT2D eigenvalue weighted by molar-refractivity contribution is 0.332. The van der Waals surface area contributed by atoms with Crippen molar-refractivity contribution in [1.29, 1.82) is 5.41 Å².